The van der Waals surface area contributed by atoms with Crippen LogP contribution in [0.5, 0.6) is 5.75 Å². The molecule has 2 amide bonds. The first-order valence-electron chi connectivity index (χ1n) is 9.11. The van der Waals surface area contributed by atoms with Gasteiger partial charge in [-0.05, 0) is 42.0 Å². The van der Waals surface area contributed by atoms with Crippen LogP contribution >= 0.6 is 11.6 Å². The van der Waals surface area contributed by atoms with Gasteiger partial charge in [0.15, 0.2) is 0 Å². The smallest absolute Gasteiger partial charge is 0.246 e. The summed E-state index contributed by atoms with van der Waals surface area (Å²) in [6.45, 7) is -0.113. The van der Waals surface area contributed by atoms with Crippen LogP contribution in [0.25, 0.3) is 11.8 Å². The highest BCUT2D eigenvalue weighted by atomic mass is 35.5. The summed E-state index contributed by atoms with van der Waals surface area (Å²) >= 11 is 5.97. The molecule has 0 aliphatic rings. The number of amides is 2. The highest BCUT2D eigenvalue weighted by molar-refractivity contribution is 6.31. The van der Waals surface area contributed by atoms with Crippen LogP contribution in [0.15, 0.2) is 67.3 Å². The molecule has 0 radical (unpaired) electrons. The number of anilines is 1. The SMILES string of the molecule is COc1ccc(Cl)cc1NC(=O)CN(C)C(=O)/C=C/c1ccc(-n2ccnc2)cc1. The van der Waals surface area contributed by atoms with E-state index in [1.807, 2.05) is 35.0 Å². The van der Waals surface area contributed by atoms with E-state index >= 15 is 0 Å². The third-order valence-electron chi connectivity index (χ3n) is 4.31. The molecule has 0 saturated carbocycles. The molecule has 1 N–H and O–H groups in total. The predicted octanol–water partition coefficient (Wildman–Crippen LogP) is 3.64. The first-order chi connectivity index (χ1) is 14.5. The number of carbonyl (C=O) groups excluding carboxylic acids is 2. The molecular weight excluding hydrogens is 404 g/mol. The van der Waals surface area contributed by atoms with E-state index in [0.29, 0.717) is 16.5 Å². The fourth-order valence-electron chi connectivity index (χ4n) is 2.73. The van der Waals surface area contributed by atoms with Crippen molar-refractivity contribution < 1.29 is 14.3 Å². The molecule has 3 aromatic rings. The number of nitrogens with one attached hydrogen (secondary N) is 1. The number of hydrogen-bond acceptors (Lipinski definition) is 4. The number of rotatable bonds is 7. The summed E-state index contributed by atoms with van der Waals surface area (Å²) in [4.78, 5) is 30.0. The van der Waals surface area contributed by atoms with Crippen LogP contribution < -0.4 is 10.1 Å². The molecule has 7 nitrogen and oxygen atoms in total. The monoisotopic (exact) mass is 424 g/mol. The van der Waals surface area contributed by atoms with Gasteiger partial charge in [0.1, 0.15) is 5.75 Å². The standard InChI is InChI=1S/C22H21ClN4O3/c1-26(14-21(28)25-19-13-17(23)6-9-20(19)30-2)22(29)10-5-16-3-7-18(8-4-16)27-12-11-24-15-27/h3-13,15H,14H2,1-2H3,(H,25,28)/b10-5+. The quantitative estimate of drug-likeness (QED) is 0.587. The second kappa shape index (κ2) is 9.76. The van der Waals surface area contributed by atoms with Gasteiger partial charge in [0.05, 0.1) is 25.7 Å². The number of hydrogen-bond donors (Lipinski definition) is 1. The maximum Gasteiger partial charge on any atom is 0.246 e. The molecule has 0 atom stereocenters. The molecule has 0 unspecified atom stereocenters. The zero-order valence-electron chi connectivity index (χ0n) is 16.6. The number of nitrogens with zero attached hydrogens (tertiary/aromatic N) is 3. The Morgan fingerprint density at radius 2 is 2.00 bits per heavy atom. The number of methoxy groups -OCH3 is 1. The molecule has 3 rings (SSSR count). The van der Waals surface area contributed by atoms with Crippen molar-refractivity contribution in [2.75, 3.05) is 26.0 Å². The molecule has 154 valence electrons. The van der Waals surface area contributed by atoms with Gasteiger partial charge in [0.2, 0.25) is 11.8 Å². The van der Waals surface area contributed by atoms with Crippen molar-refractivity contribution >= 4 is 35.2 Å². The fraction of sp³-hybridized carbons (Fsp3) is 0.136. The van der Waals surface area contributed by atoms with Gasteiger partial charge in [-0.25, -0.2) is 4.98 Å². The normalized spacial score (nSPS) is 10.8. The maximum atomic E-state index is 12.3. The van der Waals surface area contributed by atoms with E-state index in [9.17, 15) is 9.59 Å². The lowest BCUT2D eigenvalue weighted by atomic mass is 10.2. The molecule has 0 saturated heterocycles. The molecule has 2 aromatic carbocycles. The molecule has 8 heteroatoms. The van der Waals surface area contributed by atoms with E-state index in [1.165, 1.54) is 18.1 Å². The van der Waals surface area contributed by atoms with Crippen molar-refractivity contribution in [3.63, 3.8) is 0 Å². The van der Waals surface area contributed by atoms with Gasteiger partial charge in [-0.2, -0.15) is 0 Å². The van der Waals surface area contributed by atoms with Crippen molar-refractivity contribution in [1.29, 1.82) is 0 Å². The molecule has 0 aliphatic heterocycles. The van der Waals surface area contributed by atoms with E-state index in [1.54, 1.807) is 43.8 Å². The highest BCUT2D eigenvalue weighted by Crippen LogP contribution is 2.27. The van der Waals surface area contributed by atoms with E-state index in [-0.39, 0.29) is 18.4 Å². The van der Waals surface area contributed by atoms with Crippen molar-refractivity contribution in [2.45, 2.75) is 0 Å². The summed E-state index contributed by atoms with van der Waals surface area (Å²) in [5.41, 5.74) is 2.29. The minimum atomic E-state index is -0.357. The van der Waals surface area contributed by atoms with Gasteiger partial charge in [0.25, 0.3) is 0 Å². The number of likely N-dealkylation sites (N-methyl/N-ethyl adjacent to an activating group) is 1. The highest BCUT2D eigenvalue weighted by Gasteiger charge is 2.13. The Morgan fingerprint density at radius 3 is 2.67 bits per heavy atom. The Hall–Kier alpha value is -3.58. The predicted molar refractivity (Wildman–Crippen MR) is 117 cm³/mol. The van der Waals surface area contributed by atoms with Gasteiger partial charge in [-0.3, -0.25) is 9.59 Å². The van der Waals surface area contributed by atoms with Gasteiger partial charge in [0, 0.05) is 36.2 Å². The molecule has 0 fully saturated rings. The van der Waals surface area contributed by atoms with Crippen LogP contribution in [-0.2, 0) is 9.59 Å². The fourth-order valence-corrected chi connectivity index (χ4v) is 2.90. The summed E-state index contributed by atoms with van der Waals surface area (Å²) in [6, 6.07) is 12.6. The average molecular weight is 425 g/mol. The zero-order valence-corrected chi connectivity index (χ0v) is 17.3. The van der Waals surface area contributed by atoms with Crippen LogP contribution in [0.4, 0.5) is 5.69 Å². The first kappa shape index (κ1) is 21.1. The van der Waals surface area contributed by atoms with Gasteiger partial charge in [-0.15, -0.1) is 0 Å². The van der Waals surface area contributed by atoms with Gasteiger partial charge < -0.3 is 19.5 Å². The second-order valence-electron chi connectivity index (χ2n) is 6.48. The maximum absolute atomic E-state index is 12.3. The molecule has 1 aromatic heterocycles. The number of ether oxygens (including phenoxy) is 1. The topological polar surface area (TPSA) is 76.5 Å². The largest absolute Gasteiger partial charge is 0.495 e. The van der Waals surface area contributed by atoms with Crippen LogP contribution in [0, 0.1) is 0 Å². The zero-order chi connectivity index (χ0) is 21.5. The van der Waals surface area contributed by atoms with Gasteiger partial charge >= 0.3 is 0 Å². The van der Waals surface area contributed by atoms with Crippen molar-refractivity contribution in [1.82, 2.24) is 14.5 Å². The number of aromatic nitrogens is 2. The molecule has 0 spiro atoms. The summed E-state index contributed by atoms with van der Waals surface area (Å²) in [6.07, 6.45) is 8.41. The van der Waals surface area contributed by atoms with Crippen LogP contribution in [-0.4, -0.2) is 47.0 Å². The first-order valence-corrected chi connectivity index (χ1v) is 9.49. The average Bonchev–Trinajstić information content (AvgIpc) is 3.27. The van der Waals surface area contributed by atoms with Gasteiger partial charge in [-0.1, -0.05) is 23.7 Å². The van der Waals surface area contributed by atoms with Crippen molar-refractivity contribution in [3.8, 4) is 11.4 Å². The number of benzene rings is 2. The Morgan fingerprint density at radius 1 is 1.23 bits per heavy atom. The second-order valence-corrected chi connectivity index (χ2v) is 6.92. The lowest BCUT2D eigenvalue weighted by Crippen LogP contribution is -2.33. The van der Waals surface area contributed by atoms with Crippen LogP contribution in [0.3, 0.4) is 0 Å². The Balaban J connectivity index is 1.56. The summed E-state index contributed by atoms with van der Waals surface area (Å²) < 4.78 is 7.09. The molecule has 1 heterocycles. The van der Waals surface area contributed by atoms with Crippen LogP contribution in [0.2, 0.25) is 5.02 Å². The Labute approximate surface area is 179 Å². The van der Waals surface area contributed by atoms with Crippen LogP contribution in [0.1, 0.15) is 5.56 Å². The lowest BCUT2D eigenvalue weighted by molar-refractivity contribution is -0.129. The summed E-state index contributed by atoms with van der Waals surface area (Å²) in [7, 11) is 3.06. The summed E-state index contributed by atoms with van der Waals surface area (Å²) in [5, 5.41) is 3.18. The number of carbonyl (C=O) groups is 2. The van der Waals surface area contributed by atoms with E-state index in [0.717, 1.165) is 11.3 Å². The molecule has 30 heavy (non-hydrogen) atoms. The minimum Gasteiger partial charge on any atom is -0.495 e. The molecular formula is C22H21ClN4O3. The van der Waals surface area contributed by atoms with E-state index < -0.39 is 0 Å². The van der Waals surface area contributed by atoms with Crippen molar-refractivity contribution in [3.05, 3.63) is 77.8 Å². The molecule has 0 aliphatic carbocycles. The third-order valence-corrected chi connectivity index (χ3v) is 4.54. The number of imidazole rings is 1. The number of halogens is 1. The Kier molecular flexibility index (Phi) is 6.87. The minimum absolute atomic E-state index is 0.113. The van der Waals surface area contributed by atoms with Crippen molar-refractivity contribution in [2.24, 2.45) is 0 Å². The lowest BCUT2D eigenvalue weighted by Gasteiger charge is -2.16. The Bertz CT molecular complexity index is 1050. The third kappa shape index (κ3) is 5.48. The molecule has 0 bridgehead atoms. The van der Waals surface area contributed by atoms with E-state index in [4.69, 9.17) is 16.3 Å². The van der Waals surface area contributed by atoms with E-state index in [2.05, 4.69) is 10.3 Å². The summed E-state index contributed by atoms with van der Waals surface area (Å²) in [5.74, 6) is -0.160.